The Labute approximate surface area is 160 Å². The van der Waals surface area contributed by atoms with Crippen LogP contribution in [-0.4, -0.2) is 45.8 Å². The third-order valence-electron chi connectivity index (χ3n) is 4.49. The van der Waals surface area contributed by atoms with E-state index in [-0.39, 0.29) is 0 Å². The third kappa shape index (κ3) is 5.89. The van der Waals surface area contributed by atoms with Crippen LogP contribution >= 0.6 is 0 Å². The maximum atomic E-state index is 5.20. The highest BCUT2D eigenvalue weighted by atomic mass is 16.5. The smallest absolute Gasteiger partial charge is 0.204 e. The predicted octanol–water partition coefficient (Wildman–Crippen LogP) is 3.65. The first-order chi connectivity index (χ1) is 13.2. The van der Waals surface area contributed by atoms with E-state index in [4.69, 9.17) is 4.74 Å². The van der Waals surface area contributed by atoms with Crippen LogP contribution in [0.5, 0.6) is 5.75 Å². The Morgan fingerprint density at radius 3 is 2.48 bits per heavy atom. The highest BCUT2D eigenvalue weighted by molar-refractivity contribution is 5.52. The van der Waals surface area contributed by atoms with E-state index in [9.17, 15) is 0 Å². The molecule has 0 bridgehead atoms. The molecule has 2 aromatic carbocycles. The van der Waals surface area contributed by atoms with Crippen LogP contribution in [0.15, 0.2) is 54.6 Å². The van der Waals surface area contributed by atoms with Gasteiger partial charge in [0.2, 0.25) is 5.82 Å². The normalized spacial score (nSPS) is 11.1. The molecule has 3 aromatic rings. The lowest BCUT2D eigenvalue weighted by Crippen LogP contribution is -2.19. The van der Waals surface area contributed by atoms with Gasteiger partial charge in [-0.1, -0.05) is 48.9 Å². The minimum atomic E-state index is 0.690. The van der Waals surface area contributed by atoms with Gasteiger partial charge in [0.1, 0.15) is 5.75 Å². The second-order valence-corrected chi connectivity index (χ2v) is 6.72. The molecular weight excluding hydrogens is 338 g/mol. The highest BCUT2D eigenvalue weighted by Crippen LogP contribution is 2.13. The topological polar surface area (TPSA) is 56.1 Å². The van der Waals surface area contributed by atoms with E-state index in [1.807, 2.05) is 42.5 Å². The minimum absolute atomic E-state index is 0.690. The fraction of sp³-hybridized carbons (Fsp3) is 0.381. The third-order valence-corrected chi connectivity index (χ3v) is 4.49. The summed E-state index contributed by atoms with van der Waals surface area (Å²) in [5.74, 6) is 1.59. The van der Waals surface area contributed by atoms with Gasteiger partial charge in [0.25, 0.3) is 0 Å². The Balaban J connectivity index is 1.34. The number of methoxy groups -OCH3 is 1. The number of tetrazole rings is 1. The van der Waals surface area contributed by atoms with Crippen LogP contribution in [0.4, 0.5) is 0 Å². The van der Waals surface area contributed by atoms with Crippen LogP contribution in [0.2, 0.25) is 0 Å². The van der Waals surface area contributed by atoms with E-state index in [1.54, 1.807) is 11.9 Å². The van der Waals surface area contributed by atoms with Crippen LogP contribution < -0.4 is 4.74 Å². The van der Waals surface area contributed by atoms with Crippen molar-refractivity contribution in [2.45, 2.75) is 32.4 Å². The van der Waals surface area contributed by atoms with Gasteiger partial charge in [0, 0.05) is 12.1 Å². The minimum Gasteiger partial charge on any atom is -0.497 e. The number of benzene rings is 2. The average molecular weight is 365 g/mol. The van der Waals surface area contributed by atoms with Gasteiger partial charge in [0.05, 0.1) is 13.7 Å². The predicted molar refractivity (Wildman–Crippen MR) is 106 cm³/mol. The van der Waals surface area contributed by atoms with E-state index in [0.29, 0.717) is 5.82 Å². The van der Waals surface area contributed by atoms with Crippen molar-refractivity contribution < 1.29 is 4.74 Å². The molecule has 3 rings (SSSR count). The van der Waals surface area contributed by atoms with Gasteiger partial charge in [-0.15, -0.1) is 10.2 Å². The second kappa shape index (κ2) is 9.83. The number of hydrogen-bond acceptors (Lipinski definition) is 5. The van der Waals surface area contributed by atoms with Crippen molar-refractivity contribution in [2.75, 3.05) is 20.7 Å². The molecule has 0 atom stereocenters. The molecule has 0 unspecified atom stereocenters. The van der Waals surface area contributed by atoms with Gasteiger partial charge >= 0.3 is 0 Å². The van der Waals surface area contributed by atoms with Crippen molar-refractivity contribution in [1.29, 1.82) is 0 Å². The Hall–Kier alpha value is -2.73. The zero-order valence-electron chi connectivity index (χ0n) is 16.1. The van der Waals surface area contributed by atoms with Crippen LogP contribution in [0.25, 0.3) is 11.4 Å². The largest absolute Gasteiger partial charge is 0.497 e. The van der Waals surface area contributed by atoms with Gasteiger partial charge in [-0.25, -0.2) is 0 Å². The van der Waals surface area contributed by atoms with Crippen molar-refractivity contribution in [3.05, 3.63) is 60.2 Å². The lowest BCUT2D eigenvalue weighted by atomic mass is 10.2. The highest BCUT2D eigenvalue weighted by Gasteiger charge is 2.05. The van der Waals surface area contributed by atoms with Crippen LogP contribution in [-0.2, 0) is 13.1 Å². The summed E-state index contributed by atoms with van der Waals surface area (Å²) in [5.41, 5.74) is 2.31. The van der Waals surface area contributed by atoms with E-state index in [1.165, 1.54) is 5.56 Å². The fourth-order valence-corrected chi connectivity index (χ4v) is 2.97. The summed E-state index contributed by atoms with van der Waals surface area (Å²) in [6.07, 6.45) is 3.36. The molecule has 1 heterocycles. The first-order valence-corrected chi connectivity index (χ1v) is 9.39. The molecule has 0 N–H and O–H groups in total. The van der Waals surface area contributed by atoms with Gasteiger partial charge in [-0.2, -0.15) is 4.80 Å². The molecule has 142 valence electrons. The second-order valence-electron chi connectivity index (χ2n) is 6.72. The fourth-order valence-electron chi connectivity index (χ4n) is 2.97. The molecular formula is C21H27N5O. The van der Waals surface area contributed by atoms with Gasteiger partial charge in [-0.3, -0.25) is 0 Å². The Morgan fingerprint density at radius 2 is 1.74 bits per heavy atom. The zero-order valence-corrected chi connectivity index (χ0v) is 16.1. The number of hydrogen-bond donors (Lipinski definition) is 0. The molecule has 0 saturated heterocycles. The quantitative estimate of drug-likeness (QED) is 0.513. The molecule has 0 amide bonds. The van der Waals surface area contributed by atoms with Crippen LogP contribution in [0.3, 0.4) is 0 Å². The molecule has 6 nitrogen and oxygen atoms in total. The molecule has 0 saturated carbocycles. The monoisotopic (exact) mass is 365 g/mol. The number of aromatic nitrogens is 4. The number of rotatable bonds is 10. The average Bonchev–Trinajstić information content (AvgIpc) is 3.18. The van der Waals surface area contributed by atoms with Gasteiger partial charge in [-0.05, 0) is 49.3 Å². The summed E-state index contributed by atoms with van der Waals surface area (Å²) in [6.45, 7) is 2.84. The lowest BCUT2D eigenvalue weighted by Gasteiger charge is -2.16. The van der Waals surface area contributed by atoms with Crippen molar-refractivity contribution in [3.63, 3.8) is 0 Å². The first-order valence-electron chi connectivity index (χ1n) is 9.39. The van der Waals surface area contributed by atoms with Gasteiger partial charge in [0.15, 0.2) is 0 Å². The first kappa shape index (κ1) is 19.0. The zero-order chi connectivity index (χ0) is 18.9. The SMILES string of the molecule is COc1ccc(CN(C)CCCCCn2nnc(-c3ccccc3)n2)cc1. The summed E-state index contributed by atoms with van der Waals surface area (Å²) in [6, 6.07) is 18.2. The molecule has 27 heavy (non-hydrogen) atoms. The Bertz CT molecular complexity index is 801. The standard InChI is InChI=1S/C21H27N5O/c1-25(17-18-11-13-20(27-2)14-12-18)15-7-4-8-16-26-23-21(22-24-26)19-9-5-3-6-10-19/h3,5-6,9-14H,4,7-8,15-17H2,1-2H3. The van der Waals surface area contributed by atoms with Gasteiger partial charge < -0.3 is 9.64 Å². The Morgan fingerprint density at radius 1 is 0.963 bits per heavy atom. The van der Waals surface area contributed by atoms with E-state index < -0.39 is 0 Å². The molecule has 0 aliphatic heterocycles. The number of unbranched alkanes of at least 4 members (excludes halogenated alkanes) is 2. The summed E-state index contributed by atoms with van der Waals surface area (Å²) in [5, 5.41) is 12.7. The maximum absolute atomic E-state index is 5.20. The van der Waals surface area contributed by atoms with Crippen LogP contribution in [0, 0.1) is 0 Å². The molecule has 0 aliphatic rings. The number of ether oxygens (including phenoxy) is 1. The molecule has 0 fully saturated rings. The molecule has 0 aliphatic carbocycles. The number of nitrogens with zero attached hydrogens (tertiary/aromatic N) is 5. The molecule has 1 aromatic heterocycles. The summed E-state index contributed by atoms with van der Waals surface area (Å²) < 4.78 is 5.20. The number of aryl methyl sites for hydroxylation is 1. The molecule has 0 radical (unpaired) electrons. The lowest BCUT2D eigenvalue weighted by molar-refractivity contribution is 0.314. The van der Waals surface area contributed by atoms with Crippen molar-refractivity contribution in [2.24, 2.45) is 0 Å². The maximum Gasteiger partial charge on any atom is 0.204 e. The Kier molecular flexibility index (Phi) is 6.93. The van der Waals surface area contributed by atoms with E-state index in [0.717, 1.165) is 50.2 Å². The molecule has 0 spiro atoms. The van der Waals surface area contributed by atoms with Crippen LogP contribution in [0.1, 0.15) is 24.8 Å². The summed E-state index contributed by atoms with van der Waals surface area (Å²) >= 11 is 0. The van der Waals surface area contributed by atoms with Crippen molar-refractivity contribution in [1.82, 2.24) is 25.1 Å². The van der Waals surface area contributed by atoms with Crippen molar-refractivity contribution in [3.8, 4) is 17.1 Å². The summed E-state index contributed by atoms with van der Waals surface area (Å²) in [7, 11) is 3.85. The molecule has 6 heteroatoms. The van der Waals surface area contributed by atoms with Crippen molar-refractivity contribution >= 4 is 0 Å². The van der Waals surface area contributed by atoms with E-state index >= 15 is 0 Å². The summed E-state index contributed by atoms with van der Waals surface area (Å²) in [4.78, 5) is 4.05. The van der Waals surface area contributed by atoms with E-state index in [2.05, 4.69) is 39.5 Å².